The van der Waals surface area contributed by atoms with Gasteiger partial charge in [-0.15, -0.1) is 0 Å². The van der Waals surface area contributed by atoms with Crippen LogP contribution in [0, 0.1) is 5.92 Å². The van der Waals surface area contributed by atoms with Crippen LogP contribution in [0.25, 0.3) is 0 Å². The lowest BCUT2D eigenvalue weighted by Crippen LogP contribution is -2.41. The number of imidazole rings is 1. The van der Waals surface area contributed by atoms with E-state index in [1.807, 2.05) is 12.4 Å². The number of aryl methyl sites for hydroxylation is 1. The summed E-state index contributed by atoms with van der Waals surface area (Å²) in [6, 6.07) is 0.375. The Balaban J connectivity index is 2.71. The molecule has 0 saturated carbocycles. The van der Waals surface area contributed by atoms with E-state index in [0.29, 0.717) is 12.0 Å². The monoisotopic (exact) mass is 239 g/mol. The molecule has 0 amide bonds. The van der Waals surface area contributed by atoms with Crippen LogP contribution in [0.2, 0.25) is 0 Å². The van der Waals surface area contributed by atoms with Crippen LogP contribution in [-0.4, -0.2) is 21.7 Å². The van der Waals surface area contributed by atoms with E-state index in [1.165, 1.54) is 0 Å². The zero-order valence-electron chi connectivity index (χ0n) is 11.4. The van der Waals surface area contributed by atoms with Gasteiger partial charge in [-0.2, -0.15) is 0 Å². The first-order valence-corrected chi connectivity index (χ1v) is 6.55. The lowest BCUT2D eigenvalue weighted by molar-refractivity contribution is 0.326. The van der Waals surface area contributed by atoms with Gasteiger partial charge in [0.1, 0.15) is 0 Å². The fourth-order valence-corrected chi connectivity index (χ4v) is 1.92. The average Bonchev–Trinajstić information content (AvgIpc) is 2.65. The molecule has 0 aromatic carbocycles. The van der Waals surface area contributed by atoms with Gasteiger partial charge in [-0.05, 0) is 18.9 Å². The molecule has 1 heterocycles. The number of rotatable bonds is 7. The summed E-state index contributed by atoms with van der Waals surface area (Å²) < 4.78 is 3.41. The van der Waals surface area contributed by atoms with Crippen molar-refractivity contribution in [2.24, 2.45) is 13.0 Å². The van der Waals surface area contributed by atoms with E-state index < -0.39 is 0 Å². The van der Waals surface area contributed by atoms with E-state index >= 15 is 0 Å². The highest BCUT2D eigenvalue weighted by Crippen LogP contribution is 2.09. The van der Waals surface area contributed by atoms with Crippen molar-refractivity contribution in [2.75, 3.05) is 6.54 Å². The lowest BCUT2D eigenvalue weighted by Gasteiger charge is -2.24. The average molecular weight is 239 g/mol. The third kappa shape index (κ3) is 3.73. The minimum Gasteiger partial charge on any atom is -0.312 e. The van der Waals surface area contributed by atoms with E-state index in [4.69, 9.17) is 0 Å². The Kier molecular flexibility index (Phi) is 5.48. The zero-order valence-corrected chi connectivity index (χ0v) is 11.4. The maximum absolute atomic E-state index is 11.8. The minimum atomic E-state index is 0.0663. The van der Waals surface area contributed by atoms with E-state index in [0.717, 1.165) is 25.9 Å². The maximum atomic E-state index is 11.8. The predicted octanol–water partition coefficient (Wildman–Crippen LogP) is 1.60. The molecule has 0 saturated heterocycles. The van der Waals surface area contributed by atoms with Crippen LogP contribution in [0.4, 0.5) is 0 Å². The van der Waals surface area contributed by atoms with E-state index in [9.17, 15) is 4.79 Å². The summed E-state index contributed by atoms with van der Waals surface area (Å²) in [6.45, 7) is 8.36. The van der Waals surface area contributed by atoms with Crippen molar-refractivity contribution in [3.05, 3.63) is 22.9 Å². The molecule has 0 radical (unpaired) electrons. The Morgan fingerprint density at radius 2 is 2.06 bits per heavy atom. The molecule has 1 N–H and O–H groups in total. The molecule has 2 unspecified atom stereocenters. The summed E-state index contributed by atoms with van der Waals surface area (Å²) >= 11 is 0. The van der Waals surface area contributed by atoms with Crippen LogP contribution < -0.4 is 11.0 Å². The molecule has 4 nitrogen and oxygen atoms in total. The molecule has 1 rings (SSSR count). The fourth-order valence-electron chi connectivity index (χ4n) is 1.92. The molecule has 0 aliphatic heterocycles. The van der Waals surface area contributed by atoms with Crippen LogP contribution in [0.1, 0.15) is 33.6 Å². The Morgan fingerprint density at radius 1 is 1.35 bits per heavy atom. The van der Waals surface area contributed by atoms with Gasteiger partial charge >= 0.3 is 5.69 Å². The minimum absolute atomic E-state index is 0.0663. The summed E-state index contributed by atoms with van der Waals surface area (Å²) in [4.78, 5) is 11.8. The highest BCUT2D eigenvalue weighted by molar-refractivity contribution is 4.83. The smallest absolute Gasteiger partial charge is 0.312 e. The quantitative estimate of drug-likeness (QED) is 0.785. The molecule has 1 aromatic rings. The van der Waals surface area contributed by atoms with Gasteiger partial charge in [-0.25, -0.2) is 4.79 Å². The standard InChI is InChI=1S/C13H25N3O/c1-5-7-14-12(11(3)6-2)10-16-9-8-15(4)13(16)17/h8-9,11-12,14H,5-7,10H2,1-4H3. The van der Waals surface area contributed by atoms with E-state index in [1.54, 1.807) is 16.2 Å². The Morgan fingerprint density at radius 3 is 2.53 bits per heavy atom. The highest BCUT2D eigenvalue weighted by atomic mass is 16.1. The van der Waals surface area contributed by atoms with Gasteiger partial charge in [0.05, 0.1) is 0 Å². The van der Waals surface area contributed by atoms with Crippen molar-refractivity contribution in [3.63, 3.8) is 0 Å². The Labute approximate surface area is 104 Å². The second-order valence-electron chi connectivity index (χ2n) is 4.79. The van der Waals surface area contributed by atoms with Gasteiger partial charge in [0.2, 0.25) is 0 Å². The fraction of sp³-hybridized carbons (Fsp3) is 0.769. The highest BCUT2D eigenvalue weighted by Gasteiger charge is 2.16. The van der Waals surface area contributed by atoms with Crippen LogP contribution in [0.15, 0.2) is 17.2 Å². The maximum Gasteiger partial charge on any atom is 0.327 e. The molecule has 17 heavy (non-hydrogen) atoms. The second kappa shape index (κ2) is 6.64. The summed E-state index contributed by atoms with van der Waals surface area (Å²) in [7, 11) is 1.79. The van der Waals surface area contributed by atoms with Crippen LogP contribution in [0.3, 0.4) is 0 Å². The van der Waals surface area contributed by atoms with Gasteiger partial charge < -0.3 is 9.88 Å². The normalized spacial score (nSPS) is 14.8. The molecule has 0 aliphatic rings. The molecule has 98 valence electrons. The summed E-state index contributed by atoms with van der Waals surface area (Å²) in [5.41, 5.74) is 0.0663. The first-order valence-electron chi connectivity index (χ1n) is 6.55. The Hall–Kier alpha value is -1.03. The van der Waals surface area contributed by atoms with Gasteiger partial charge in [-0.3, -0.25) is 4.57 Å². The van der Waals surface area contributed by atoms with Crippen molar-refractivity contribution in [1.29, 1.82) is 0 Å². The van der Waals surface area contributed by atoms with Gasteiger partial charge in [0.25, 0.3) is 0 Å². The number of hydrogen-bond donors (Lipinski definition) is 1. The number of nitrogens with zero attached hydrogens (tertiary/aromatic N) is 2. The largest absolute Gasteiger partial charge is 0.327 e. The van der Waals surface area contributed by atoms with Crippen LogP contribution in [0.5, 0.6) is 0 Å². The molecule has 0 fully saturated rings. The molecule has 4 heteroatoms. The molecule has 0 aliphatic carbocycles. The molecule has 0 spiro atoms. The molecular formula is C13H25N3O. The van der Waals surface area contributed by atoms with Crippen molar-refractivity contribution < 1.29 is 0 Å². The van der Waals surface area contributed by atoms with Crippen molar-refractivity contribution in [1.82, 2.24) is 14.5 Å². The van der Waals surface area contributed by atoms with Gasteiger partial charge in [-0.1, -0.05) is 27.2 Å². The second-order valence-corrected chi connectivity index (χ2v) is 4.79. The zero-order chi connectivity index (χ0) is 12.8. The summed E-state index contributed by atoms with van der Waals surface area (Å²) in [5, 5.41) is 3.54. The number of hydrogen-bond acceptors (Lipinski definition) is 2. The summed E-state index contributed by atoms with van der Waals surface area (Å²) in [5.74, 6) is 0.577. The van der Waals surface area contributed by atoms with E-state index in [2.05, 4.69) is 26.1 Å². The number of nitrogens with one attached hydrogen (secondary N) is 1. The van der Waals surface area contributed by atoms with Crippen molar-refractivity contribution in [3.8, 4) is 0 Å². The van der Waals surface area contributed by atoms with Gasteiger partial charge in [0.15, 0.2) is 0 Å². The van der Waals surface area contributed by atoms with Crippen LogP contribution in [-0.2, 0) is 13.6 Å². The SMILES string of the molecule is CCCNC(Cn1ccn(C)c1=O)C(C)CC. The van der Waals surface area contributed by atoms with Crippen molar-refractivity contribution >= 4 is 0 Å². The first kappa shape index (κ1) is 14.0. The molecule has 2 atom stereocenters. The Bertz CT molecular complexity index is 380. The van der Waals surface area contributed by atoms with E-state index in [-0.39, 0.29) is 5.69 Å². The van der Waals surface area contributed by atoms with Crippen LogP contribution >= 0.6 is 0 Å². The molecule has 0 bridgehead atoms. The third-order valence-electron chi connectivity index (χ3n) is 3.40. The van der Waals surface area contributed by atoms with Crippen molar-refractivity contribution in [2.45, 2.75) is 46.2 Å². The predicted molar refractivity (Wildman–Crippen MR) is 71.2 cm³/mol. The van der Waals surface area contributed by atoms with Gasteiger partial charge in [0, 0.05) is 32.0 Å². The third-order valence-corrected chi connectivity index (χ3v) is 3.40. The molecular weight excluding hydrogens is 214 g/mol. The number of aromatic nitrogens is 2. The molecule has 1 aromatic heterocycles. The topological polar surface area (TPSA) is 39.0 Å². The summed E-state index contributed by atoms with van der Waals surface area (Å²) in [6.07, 6.45) is 5.93. The lowest BCUT2D eigenvalue weighted by atomic mass is 9.99. The first-order chi connectivity index (χ1) is 8.10.